The van der Waals surface area contributed by atoms with Crippen LogP contribution in [0.3, 0.4) is 0 Å². The van der Waals surface area contributed by atoms with E-state index in [1.165, 1.54) is 11.3 Å². The van der Waals surface area contributed by atoms with E-state index in [1.54, 1.807) is 14.2 Å². The molecule has 4 rings (SSSR count). The van der Waals surface area contributed by atoms with Gasteiger partial charge in [-0.15, -0.1) is 0 Å². The predicted molar refractivity (Wildman–Crippen MR) is 107 cm³/mol. The quantitative estimate of drug-likeness (QED) is 0.752. The molecule has 0 aliphatic carbocycles. The number of hydrogen-bond acceptors (Lipinski definition) is 5. The molecule has 0 amide bonds. The standard InChI is InChI=1S/C21H26N4O2/c1-15-4-7-20-23-21(16-5-6-18(26-2)19(12-16)27-3)17(25(20)13-15)14-24-10-8-22-9-11-24/h4-7,12-13,22H,8-11,14H2,1-3H3. The average molecular weight is 366 g/mol. The van der Waals surface area contributed by atoms with Gasteiger partial charge in [0.2, 0.25) is 0 Å². The van der Waals surface area contributed by atoms with Gasteiger partial charge >= 0.3 is 0 Å². The van der Waals surface area contributed by atoms with Crippen molar-refractivity contribution in [2.24, 2.45) is 0 Å². The first-order chi connectivity index (χ1) is 13.2. The van der Waals surface area contributed by atoms with Crippen LogP contribution in [-0.2, 0) is 6.54 Å². The molecule has 0 unspecified atom stereocenters. The molecule has 1 aliphatic rings. The summed E-state index contributed by atoms with van der Waals surface area (Å²) < 4.78 is 13.1. The molecule has 0 bridgehead atoms. The summed E-state index contributed by atoms with van der Waals surface area (Å²) in [5, 5.41) is 3.42. The van der Waals surface area contributed by atoms with Crippen molar-refractivity contribution in [2.75, 3.05) is 40.4 Å². The minimum Gasteiger partial charge on any atom is -0.493 e. The molecule has 6 nitrogen and oxygen atoms in total. The van der Waals surface area contributed by atoms with Crippen molar-refractivity contribution in [3.05, 3.63) is 47.8 Å². The maximum absolute atomic E-state index is 5.50. The van der Waals surface area contributed by atoms with E-state index in [2.05, 4.69) is 45.9 Å². The van der Waals surface area contributed by atoms with Gasteiger partial charge in [-0.3, -0.25) is 4.90 Å². The van der Waals surface area contributed by atoms with Crippen molar-refractivity contribution in [3.8, 4) is 22.8 Å². The van der Waals surface area contributed by atoms with E-state index in [0.717, 1.165) is 61.1 Å². The second kappa shape index (κ2) is 7.58. The number of ether oxygens (including phenoxy) is 2. The Kier molecular flexibility index (Phi) is 5.01. The normalized spacial score (nSPS) is 15.2. The zero-order valence-electron chi connectivity index (χ0n) is 16.2. The molecule has 142 valence electrons. The van der Waals surface area contributed by atoms with Crippen molar-refractivity contribution < 1.29 is 9.47 Å². The summed E-state index contributed by atoms with van der Waals surface area (Å²) in [4.78, 5) is 7.42. The number of aromatic nitrogens is 2. The smallest absolute Gasteiger partial charge is 0.161 e. The van der Waals surface area contributed by atoms with Gasteiger partial charge in [0.15, 0.2) is 11.5 Å². The van der Waals surface area contributed by atoms with Gasteiger partial charge in [0.1, 0.15) is 5.65 Å². The Labute approximate surface area is 159 Å². The van der Waals surface area contributed by atoms with E-state index in [4.69, 9.17) is 14.5 Å². The minimum absolute atomic E-state index is 0.719. The summed E-state index contributed by atoms with van der Waals surface area (Å²) in [6.45, 7) is 7.14. The number of aryl methyl sites for hydroxylation is 1. The van der Waals surface area contributed by atoms with Crippen LogP contribution in [0.5, 0.6) is 11.5 Å². The highest BCUT2D eigenvalue weighted by Gasteiger charge is 2.19. The van der Waals surface area contributed by atoms with Gasteiger partial charge in [-0.2, -0.15) is 0 Å². The first-order valence-corrected chi connectivity index (χ1v) is 9.32. The van der Waals surface area contributed by atoms with Crippen molar-refractivity contribution in [1.82, 2.24) is 19.6 Å². The molecule has 3 heterocycles. The highest BCUT2D eigenvalue weighted by atomic mass is 16.5. The molecule has 0 atom stereocenters. The Balaban J connectivity index is 1.82. The summed E-state index contributed by atoms with van der Waals surface area (Å²) in [5.74, 6) is 1.45. The number of nitrogens with one attached hydrogen (secondary N) is 1. The van der Waals surface area contributed by atoms with E-state index in [0.29, 0.717) is 0 Å². The Bertz CT molecular complexity index is 945. The molecule has 6 heteroatoms. The zero-order chi connectivity index (χ0) is 18.8. The van der Waals surface area contributed by atoms with E-state index in [1.807, 2.05) is 12.1 Å². The Morgan fingerprint density at radius 3 is 2.56 bits per heavy atom. The number of hydrogen-bond donors (Lipinski definition) is 1. The lowest BCUT2D eigenvalue weighted by Gasteiger charge is -2.27. The number of pyridine rings is 1. The summed E-state index contributed by atoms with van der Waals surface area (Å²) >= 11 is 0. The number of imidazole rings is 1. The lowest BCUT2D eigenvalue weighted by atomic mass is 10.1. The third-order valence-corrected chi connectivity index (χ3v) is 5.11. The first kappa shape index (κ1) is 17.8. The van der Waals surface area contributed by atoms with Crippen LogP contribution in [0.4, 0.5) is 0 Å². The Morgan fingerprint density at radius 1 is 1.04 bits per heavy atom. The fourth-order valence-corrected chi connectivity index (χ4v) is 3.65. The number of benzene rings is 1. The molecule has 0 spiro atoms. The molecule has 1 saturated heterocycles. The molecule has 27 heavy (non-hydrogen) atoms. The molecular formula is C21H26N4O2. The summed E-state index contributed by atoms with van der Waals surface area (Å²) in [5.41, 5.74) is 5.44. The second-order valence-electron chi connectivity index (χ2n) is 6.94. The lowest BCUT2D eigenvalue weighted by Crippen LogP contribution is -2.43. The summed E-state index contributed by atoms with van der Waals surface area (Å²) in [7, 11) is 3.32. The highest BCUT2D eigenvalue weighted by Crippen LogP contribution is 2.34. The molecular weight excluding hydrogens is 340 g/mol. The van der Waals surface area contributed by atoms with E-state index < -0.39 is 0 Å². The topological polar surface area (TPSA) is 51.0 Å². The SMILES string of the molecule is COc1ccc(-c2nc3ccc(C)cn3c2CN2CCNCC2)cc1OC. The fourth-order valence-electron chi connectivity index (χ4n) is 3.65. The van der Waals surface area contributed by atoms with Crippen LogP contribution < -0.4 is 14.8 Å². The van der Waals surface area contributed by atoms with Crippen LogP contribution in [0.15, 0.2) is 36.5 Å². The minimum atomic E-state index is 0.719. The monoisotopic (exact) mass is 366 g/mol. The van der Waals surface area contributed by atoms with Crippen molar-refractivity contribution in [1.29, 1.82) is 0 Å². The average Bonchev–Trinajstić information content (AvgIpc) is 3.06. The predicted octanol–water partition coefficient (Wildman–Crippen LogP) is 2.73. The van der Waals surface area contributed by atoms with Gasteiger partial charge in [0, 0.05) is 44.5 Å². The number of nitrogens with zero attached hydrogens (tertiary/aromatic N) is 3. The molecule has 1 aromatic carbocycles. The number of rotatable bonds is 5. The first-order valence-electron chi connectivity index (χ1n) is 9.32. The third-order valence-electron chi connectivity index (χ3n) is 5.11. The van der Waals surface area contributed by atoms with Crippen LogP contribution in [0, 0.1) is 6.92 Å². The molecule has 3 aromatic rings. The van der Waals surface area contributed by atoms with E-state index >= 15 is 0 Å². The number of fused-ring (bicyclic) bond motifs is 1. The largest absolute Gasteiger partial charge is 0.493 e. The fraction of sp³-hybridized carbons (Fsp3) is 0.381. The van der Waals surface area contributed by atoms with Gasteiger partial charge in [-0.05, 0) is 36.8 Å². The van der Waals surface area contributed by atoms with E-state index in [9.17, 15) is 0 Å². The van der Waals surface area contributed by atoms with Gasteiger partial charge < -0.3 is 19.2 Å². The summed E-state index contributed by atoms with van der Waals surface area (Å²) in [6.07, 6.45) is 2.17. The van der Waals surface area contributed by atoms with Gasteiger partial charge in [0.05, 0.1) is 25.6 Å². The number of piperazine rings is 1. The Morgan fingerprint density at radius 2 is 1.81 bits per heavy atom. The Hall–Kier alpha value is -2.57. The van der Waals surface area contributed by atoms with Gasteiger partial charge in [0.25, 0.3) is 0 Å². The van der Waals surface area contributed by atoms with Crippen LogP contribution >= 0.6 is 0 Å². The van der Waals surface area contributed by atoms with Crippen LogP contribution in [-0.4, -0.2) is 54.7 Å². The summed E-state index contributed by atoms with van der Waals surface area (Å²) in [6, 6.07) is 10.2. The molecule has 0 radical (unpaired) electrons. The van der Waals surface area contributed by atoms with Crippen LogP contribution in [0.25, 0.3) is 16.9 Å². The number of methoxy groups -OCH3 is 2. The third kappa shape index (κ3) is 3.50. The van der Waals surface area contributed by atoms with Crippen LogP contribution in [0.2, 0.25) is 0 Å². The highest BCUT2D eigenvalue weighted by molar-refractivity contribution is 5.69. The van der Waals surface area contributed by atoms with Crippen molar-refractivity contribution in [3.63, 3.8) is 0 Å². The van der Waals surface area contributed by atoms with Gasteiger partial charge in [-0.1, -0.05) is 6.07 Å². The maximum Gasteiger partial charge on any atom is 0.161 e. The molecule has 0 saturated carbocycles. The van der Waals surface area contributed by atoms with Crippen molar-refractivity contribution >= 4 is 5.65 Å². The van der Waals surface area contributed by atoms with Gasteiger partial charge in [-0.25, -0.2) is 4.98 Å². The van der Waals surface area contributed by atoms with Crippen LogP contribution in [0.1, 0.15) is 11.3 Å². The maximum atomic E-state index is 5.50. The van der Waals surface area contributed by atoms with E-state index in [-0.39, 0.29) is 0 Å². The second-order valence-corrected chi connectivity index (χ2v) is 6.94. The lowest BCUT2D eigenvalue weighted by molar-refractivity contribution is 0.230. The molecule has 2 aromatic heterocycles. The van der Waals surface area contributed by atoms with Crippen molar-refractivity contribution in [2.45, 2.75) is 13.5 Å². The zero-order valence-corrected chi connectivity index (χ0v) is 16.2. The molecule has 1 fully saturated rings. The molecule has 1 N–H and O–H groups in total. The molecule has 1 aliphatic heterocycles.